The molecule has 1 aliphatic heterocycles. The highest BCUT2D eigenvalue weighted by Gasteiger charge is 2.26. The minimum absolute atomic E-state index is 0.0808. The van der Waals surface area contributed by atoms with Crippen LogP contribution in [0.2, 0.25) is 0 Å². The lowest BCUT2D eigenvalue weighted by Crippen LogP contribution is -2.54. The Kier molecular flexibility index (Phi) is 6.62. The summed E-state index contributed by atoms with van der Waals surface area (Å²) >= 11 is 0. The summed E-state index contributed by atoms with van der Waals surface area (Å²) in [5.41, 5.74) is 2.12. The lowest BCUT2D eigenvalue weighted by atomic mass is 10.2. The van der Waals surface area contributed by atoms with Crippen molar-refractivity contribution in [3.05, 3.63) is 53.5 Å². The number of aromatic nitrogens is 2. The van der Waals surface area contributed by atoms with Crippen LogP contribution in [0.15, 0.2) is 36.4 Å². The molecule has 6 heteroatoms. The van der Waals surface area contributed by atoms with Gasteiger partial charge in [0.15, 0.2) is 0 Å². The molecule has 2 aromatic rings. The van der Waals surface area contributed by atoms with Gasteiger partial charge in [0.05, 0.1) is 6.04 Å². The van der Waals surface area contributed by atoms with E-state index in [0.29, 0.717) is 12.5 Å². The fourth-order valence-electron chi connectivity index (χ4n) is 3.43. The molecule has 0 radical (unpaired) electrons. The Morgan fingerprint density at radius 1 is 1.07 bits per heavy atom. The SMILES string of the molecule is Cc1cc(N2CCN([C@@H](C)C(=O)NCc3ccccc3)CC2)nc(C(C)C)n1. The maximum absolute atomic E-state index is 12.5. The van der Waals surface area contributed by atoms with Gasteiger partial charge in [0.2, 0.25) is 5.91 Å². The summed E-state index contributed by atoms with van der Waals surface area (Å²) in [6.45, 7) is 12.2. The van der Waals surface area contributed by atoms with Crippen LogP contribution in [0.3, 0.4) is 0 Å². The molecule has 1 amide bonds. The molecule has 1 aromatic carbocycles. The van der Waals surface area contributed by atoms with Crippen LogP contribution in [0.4, 0.5) is 5.82 Å². The number of nitrogens with one attached hydrogen (secondary N) is 1. The Balaban J connectivity index is 1.54. The summed E-state index contributed by atoms with van der Waals surface area (Å²) in [6, 6.07) is 11.9. The fourth-order valence-corrected chi connectivity index (χ4v) is 3.43. The van der Waals surface area contributed by atoms with Gasteiger partial charge < -0.3 is 10.2 Å². The van der Waals surface area contributed by atoms with E-state index in [1.807, 2.05) is 44.2 Å². The molecule has 0 aliphatic carbocycles. The van der Waals surface area contributed by atoms with Gasteiger partial charge in [-0.25, -0.2) is 9.97 Å². The summed E-state index contributed by atoms with van der Waals surface area (Å²) in [6.07, 6.45) is 0. The van der Waals surface area contributed by atoms with Crippen LogP contribution in [0.5, 0.6) is 0 Å². The van der Waals surface area contributed by atoms with Gasteiger partial charge in [0.1, 0.15) is 11.6 Å². The average Bonchev–Trinajstić information content (AvgIpc) is 2.72. The maximum Gasteiger partial charge on any atom is 0.237 e. The number of aryl methyl sites for hydroxylation is 1. The Labute approximate surface area is 168 Å². The van der Waals surface area contributed by atoms with E-state index in [-0.39, 0.29) is 11.9 Å². The van der Waals surface area contributed by atoms with Crippen molar-refractivity contribution >= 4 is 11.7 Å². The third kappa shape index (κ3) is 5.07. The number of rotatable bonds is 6. The van der Waals surface area contributed by atoms with Crippen LogP contribution in [-0.2, 0) is 11.3 Å². The van der Waals surface area contributed by atoms with E-state index < -0.39 is 0 Å². The Morgan fingerprint density at radius 3 is 2.39 bits per heavy atom. The summed E-state index contributed by atoms with van der Waals surface area (Å²) in [5.74, 6) is 2.29. The first-order valence-corrected chi connectivity index (χ1v) is 10.1. The van der Waals surface area contributed by atoms with Crippen molar-refractivity contribution in [2.45, 2.75) is 46.2 Å². The van der Waals surface area contributed by atoms with Crippen molar-refractivity contribution in [2.24, 2.45) is 0 Å². The highest BCUT2D eigenvalue weighted by Crippen LogP contribution is 2.19. The predicted molar refractivity (Wildman–Crippen MR) is 112 cm³/mol. The fraction of sp³-hybridized carbons (Fsp3) is 0.500. The smallest absolute Gasteiger partial charge is 0.237 e. The first-order valence-electron chi connectivity index (χ1n) is 10.1. The predicted octanol–water partition coefficient (Wildman–Crippen LogP) is 2.74. The second kappa shape index (κ2) is 9.15. The lowest BCUT2D eigenvalue weighted by Gasteiger charge is -2.38. The number of carbonyl (C=O) groups is 1. The van der Waals surface area contributed by atoms with Crippen LogP contribution in [0.25, 0.3) is 0 Å². The molecule has 3 rings (SSSR count). The molecule has 1 aliphatic rings. The number of anilines is 1. The zero-order valence-corrected chi connectivity index (χ0v) is 17.4. The third-order valence-corrected chi connectivity index (χ3v) is 5.25. The second-order valence-corrected chi connectivity index (χ2v) is 7.78. The summed E-state index contributed by atoms with van der Waals surface area (Å²) in [7, 11) is 0. The minimum Gasteiger partial charge on any atom is -0.354 e. The van der Waals surface area contributed by atoms with Crippen LogP contribution >= 0.6 is 0 Å². The third-order valence-electron chi connectivity index (χ3n) is 5.25. The first kappa shape index (κ1) is 20.3. The van der Waals surface area contributed by atoms with Crippen molar-refractivity contribution in [1.82, 2.24) is 20.2 Å². The molecule has 0 spiro atoms. The Bertz CT molecular complexity index is 785. The van der Waals surface area contributed by atoms with Gasteiger partial charge in [-0.3, -0.25) is 9.69 Å². The van der Waals surface area contributed by atoms with Gasteiger partial charge in [-0.05, 0) is 19.4 Å². The number of piperazine rings is 1. The van der Waals surface area contributed by atoms with E-state index in [1.54, 1.807) is 0 Å². The van der Waals surface area contributed by atoms with Gasteiger partial charge in [0.25, 0.3) is 0 Å². The number of benzene rings is 1. The molecular formula is C22H31N5O. The summed E-state index contributed by atoms with van der Waals surface area (Å²) in [5, 5.41) is 3.05. The molecule has 0 unspecified atom stereocenters. The second-order valence-electron chi connectivity index (χ2n) is 7.78. The van der Waals surface area contributed by atoms with Gasteiger partial charge in [0, 0.05) is 50.4 Å². The molecule has 0 bridgehead atoms. The van der Waals surface area contributed by atoms with Crippen molar-refractivity contribution < 1.29 is 4.79 Å². The molecule has 0 saturated carbocycles. The molecule has 1 saturated heterocycles. The molecule has 150 valence electrons. The van der Waals surface area contributed by atoms with Gasteiger partial charge in [-0.15, -0.1) is 0 Å². The first-order chi connectivity index (χ1) is 13.4. The van der Waals surface area contributed by atoms with E-state index >= 15 is 0 Å². The molecule has 1 fully saturated rings. The van der Waals surface area contributed by atoms with E-state index in [4.69, 9.17) is 4.98 Å². The van der Waals surface area contributed by atoms with Crippen LogP contribution in [0.1, 0.15) is 43.8 Å². The topological polar surface area (TPSA) is 61.4 Å². The number of amides is 1. The molecular weight excluding hydrogens is 350 g/mol. The zero-order chi connectivity index (χ0) is 20.1. The summed E-state index contributed by atoms with van der Waals surface area (Å²) in [4.78, 5) is 26.4. The van der Waals surface area contributed by atoms with E-state index in [0.717, 1.165) is 49.1 Å². The number of carbonyl (C=O) groups excluding carboxylic acids is 1. The van der Waals surface area contributed by atoms with Crippen molar-refractivity contribution in [1.29, 1.82) is 0 Å². The van der Waals surface area contributed by atoms with Crippen molar-refractivity contribution in [3.8, 4) is 0 Å². The average molecular weight is 382 g/mol. The van der Waals surface area contributed by atoms with E-state index in [2.05, 4.69) is 40.0 Å². The Hall–Kier alpha value is -2.47. The van der Waals surface area contributed by atoms with Crippen molar-refractivity contribution in [3.63, 3.8) is 0 Å². The molecule has 6 nitrogen and oxygen atoms in total. The van der Waals surface area contributed by atoms with E-state index in [9.17, 15) is 4.79 Å². The van der Waals surface area contributed by atoms with Gasteiger partial charge in [-0.1, -0.05) is 44.2 Å². The molecule has 28 heavy (non-hydrogen) atoms. The standard InChI is InChI=1S/C22H31N5O/c1-16(2)21-24-17(3)14-20(25-21)27-12-10-26(11-13-27)18(4)22(28)23-15-19-8-6-5-7-9-19/h5-9,14,16,18H,10-13,15H2,1-4H3,(H,23,28)/t18-/m0/s1. The number of hydrogen-bond donors (Lipinski definition) is 1. The zero-order valence-electron chi connectivity index (χ0n) is 17.4. The lowest BCUT2D eigenvalue weighted by molar-refractivity contribution is -0.126. The number of hydrogen-bond acceptors (Lipinski definition) is 5. The van der Waals surface area contributed by atoms with Gasteiger partial charge in [-0.2, -0.15) is 0 Å². The highest BCUT2D eigenvalue weighted by molar-refractivity contribution is 5.81. The molecule has 2 heterocycles. The number of nitrogens with zero attached hydrogens (tertiary/aromatic N) is 4. The molecule has 1 atom stereocenters. The maximum atomic E-state index is 12.5. The van der Waals surface area contributed by atoms with Gasteiger partial charge >= 0.3 is 0 Å². The monoisotopic (exact) mass is 381 g/mol. The highest BCUT2D eigenvalue weighted by atomic mass is 16.2. The Morgan fingerprint density at radius 2 is 1.75 bits per heavy atom. The molecule has 1 aromatic heterocycles. The quantitative estimate of drug-likeness (QED) is 0.834. The minimum atomic E-state index is -0.135. The van der Waals surface area contributed by atoms with E-state index in [1.165, 1.54) is 0 Å². The largest absolute Gasteiger partial charge is 0.354 e. The molecule has 1 N–H and O–H groups in total. The van der Waals surface area contributed by atoms with Crippen LogP contribution in [-0.4, -0.2) is 53.0 Å². The van der Waals surface area contributed by atoms with Crippen LogP contribution < -0.4 is 10.2 Å². The van der Waals surface area contributed by atoms with Crippen LogP contribution in [0, 0.1) is 6.92 Å². The normalized spacial score (nSPS) is 16.2. The van der Waals surface area contributed by atoms with Crippen molar-refractivity contribution in [2.75, 3.05) is 31.1 Å². The summed E-state index contributed by atoms with van der Waals surface area (Å²) < 4.78 is 0.